The van der Waals surface area contributed by atoms with Crippen LogP contribution in [-0.2, 0) is 32.8 Å². The number of halogens is 2. The number of sulfonamides is 1. The highest BCUT2D eigenvalue weighted by molar-refractivity contribution is 7.92. The van der Waals surface area contributed by atoms with Gasteiger partial charge in [-0.3, -0.25) is 13.9 Å². The van der Waals surface area contributed by atoms with Gasteiger partial charge >= 0.3 is 0 Å². The van der Waals surface area contributed by atoms with Crippen LogP contribution in [0.4, 0.5) is 5.69 Å². The summed E-state index contributed by atoms with van der Waals surface area (Å²) in [7, 11) is -3.88. The summed E-state index contributed by atoms with van der Waals surface area (Å²) < 4.78 is 32.6. The van der Waals surface area contributed by atoms with E-state index < -0.39 is 28.5 Å². The number of amides is 2. The number of rotatable bonds is 14. The van der Waals surface area contributed by atoms with Crippen molar-refractivity contribution >= 4 is 50.7 Å². The van der Waals surface area contributed by atoms with Crippen LogP contribution in [0.1, 0.15) is 44.7 Å². The first-order valence-electron chi connectivity index (χ1n) is 13.7. The molecule has 0 saturated carbocycles. The van der Waals surface area contributed by atoms with Gasteiger partial charge in [-0.25, -0.2) is 8.42 Å². The SMILES string of the molecule is CC[C@@H](C)NC(=O)[C@H](CC)N(Cc1ccc(Cl)cc1Cl)C(=O)CN(c1ccc(OCc2ccccc2)cc1)S(C)(=O)=O. The van der Waals surface area contributed by atoms with E-state index in [4.69, 9.17) is 27.9 Å². The van der Waals surface area contributed by atoms with E-state index in [1.54, 1.807) is 49.4 Å². The Morgan fingerprint density at radius 1 is 0.952 bits per heavy atom. The van der Waals surface area contributed by atoms with E-state index in [1.807, 2.05) is 44.2 Å². The topological polar surface area (TPSA) is 96.0 Å². The van der Waals surface area contributed by atoms with Crippen LogP contribution < -0.4 is 14.4 Å². The minimum absolute atomic E-state index is 0.00880. The van der Waals surface area contributed by atoms with Crippen molar-refractivity contribution in [2.24, 2.45) is 0 Å². The number of benzene rings is 3. The summed E-state index contributed by atoms with van der Waals surface area (Å²) in [5.74, 6) is -0.327. The lowest BCUT2D eigenvalue weighted by Gasteiger charge is -2.33. The van der Waals surface area contributed by atoms with Gasteiger partial charge in [-0.05, 0) is 67.3 Å². The predicted molar refractivity (Wildman–Crippen MR) is 168 cm³/mol. The van der Waals surface area contributed by atoms with Gasteiger partial charge in [0.25, 0.3) is 0 Å². The molecule has 2 amide bonds. The molecule has 226 valence electrons. The smallest absolute Gasteiger partial charge is 0.244 e. The summed E-state index contributed by atoms with van der Waals surface area (Å²) in [5.41, 5.74) is 1.86. The zero-order valence-electron chi connectivity index (χ0n) is 24.2. The average molecular weight is 635 g/mol. The molecule has 2 atom stereocenters. The first-order chi connectivity index (χ1) is 19.9. The van der Waals surface area contributed by atoms with Gasteiger partial charge in [0.05, 0.1) is 11.9 Å². The summed E-state index contributed by atoms with van der Waals surface area (Å²) in [6.45, 7) is 5.46. The fourth-order valence-electron chi connectivity index (χ4n) is 4.26. The van der Waals surface area contributed by atoms with E-state index in [1.165, 1.54) is 4.90 Å². The summed E-state index contributed by atoms with van der Waals surface area (Å²) in [6, 6.07) is 20.1. The number of nitrogens with zero attached hydrogens (tertiary/aromatic N) is 2. The maximum Gasteiger partial charge on any atom is 0.244 e. The average Bonchev–Trinajstić information content (AvgIpc) is 2.96. The Morgan fingerprint density at radius 3 is 2.19 bits per heavy atom. The fraction of sp³-hybridized carbons (Fsp3) is 0.355. The summed E-state index contributed by atoms with van der Waals surface area (Å²) in [6.07, 6.45) is 2.06. The van der Waals surface area contributed by atoms with Crippen LogP contribution in [0.25, 0.3) is 0 Å². The molecular formula is C31H37Cl2N3O5S. The van der Waals surface area contributed by atoms with Gasteiger partial charge in [0.2, 0.25) is 21.8 Å². The lowest BCUT2D eigenvalue weighted by atomic mass is 10.1. The van der Waals surface area contributed by atoms with E-state index in [-0.39, 0.29) is 18.5 Å². The molecule has 0 bridgehead atoms. The van der Waals surface area contributed by atoms with Gasteiger partial charge in [-0.15, -0.1) is 0 Å². The molecule has 1 N–H and O–H groups in total. The molecule has 0 aliphatic heterocycles. The second-order valence-electron chi connectivity index (χ2n) is 10.0. The van der Waals surface area contributed by atoms with Crippen molar-refractivity contribution in [1.82, 2.24) is 10.2 Å². The van der Waals surface area contributed by atoms with Crippen LogP contribution in [-0.4, -0.2) is 50.0 Å². The van der Waals surface area contributed by atoms with Crippen molar-refractivity contribution in [1.29, 1.82) is 0 Å². The molecule has 0 saturated heterocycles. The second kappa shape index (κ2) is 15.3. The Balaban J connectivity index is 1.88. The highest BCUT2D eigenvalue weighted by Crippen LogP contribution is 2.26. The Morgan fingerprint density at radius 2 is 1.62 bits per heavy atom. The van der Waals surface area contributed by atoms with Crippen LogP contribution in [0, 0.1) is 0 Å². The number of hydrogen-bond acceptors (Lipinski definition) is 5. The molecular weight excluding hydrogens is 597 g/mol. The minimum Gasteiger partial charge on any atom is -0.489 e. The molecule has 0 aromatic heterocycles. The number of ether oxygens (including phenoxy) is 1. The van der Waals surface area contributed by atoms with Crippen LogP contribution in [0.3, 0.4) is 0 Å². The monoisotopic (exact) mass is 633 g/mol. The highest BCUT2D eigenvalue weighted by Gasteiger charge is 2.32. The van der Waals surface area contributed by atoms with Gasteiger partial charge in [-0.2, -0.15) is 0 Å². The molecule has 0 spiro atoms. The minimum atomic E-state index is -3.88. The molecule has 3 aromatic carbocycles. The zero-order valence-corrected chi connectivity index (χ0v) is 26.5. The standard InChI is InChI=1S/C31H37Cl2N3O5S/c1-5-22(3)34-31(38)29(6-2)35(19-24-12-13-25(32)18-28(24)33)30(37)20-36(42(4,39)40)26-14-16-27(17-15-26)41-21-23-10-8-7-9-11-23/h7-18,22,29H,5-6,19-21H2,1-4H3,(H,34,38)/t22-,29+/m1/s1. The molecule has 8 nitrogen and oxygen atoms in total. The molecule has 0 fully saturated rings. The molecule has 42 heavy (non-hydrogen) atoms. The first-order valence-corrected chi connectivity index (χ1v) is 16.3. The van der Waals surface area contributed by atoms with E-state index in [0.29, 0.717) is 46.5 Å². The molecule has 0 aliphatic carbocycles. The largest absolute Gasteiger partial charge is 0.489 e. The molecule has 3 rings (SSSR count). The van der Waals surface area contributed by atoms with Crippen LogP contribution in [0.15, 0.2) is 72.8 Å². The van der Waals surface area contributed by atoms with Crippen molar-refractivity contribution in [2.45, 2.75) is 58.8 Å². The fourth-order valence-corrected chi connectivity index (χ4v) is 5.58. The summed E-state index contributed by atoms with van der Waals surface area (Å²) in [4.78, 5) is 28.5. The van der Waals surface area contributed by atoms with Crippen molar-refractivity contribution in [3.63, 3.8) is 0 Å². The molecule has 0 unspecified atom stereocenters. The number of carbonyl (C=O) groups excluding carboxylic acids is 2. The van der Waals surface area contributed by atoms with Crippen LogP contribution >= 0.6 is 23.2 Å². The Kier molecular flexibility index (Phi) is 12.1. The van der Waals surface area contributed by atoms with Crippen molar-refractivity contribution in [2.75, 3.05) is 17.1 Å². The van der Waals surface area contributed by atoms with Gasteiger partial charge in [0.15, 0.2) is 0 Å². The van der Waals surface area contributed by atoms with Crippen molar-refractivity contribution in [3.8, 4) is 5.75 Å². The third-order valence-corrected chi connectivity index (χ3v) is 8.52. The third kappa shape index (κ3) is 9.37. The Labute approximate surface area is 258 Å². The molecule has 0 heterocycles. The van der Waals surface area contributed by atoms with E-state index in [0.717, 1.165) is 16.1 Å². The second-order valence-corrected chi connectivity index (χ2v) is 12.8. The van der Waals surface area contributed by atoms with Crippen LogP contribution in [0.5, 0.6) is 5.75 Å². The number of carbonyl (C=O) groups is 2. The van der Waals surface area contributed by atoms with Gasteiger partial charge in [0, 0.05) is 22.6 Å². The van der Waals surface area contributed by atoms with E-state index in [9.17, 15) is 18.0 Å². The van der Waals surface area contributed by atoms with Gasteiger partial charge < -0.3 is 15.0 Å². The van der Waals surface area contributed by atoms with E-state index in [2.05, 4.69) is 5.32 Å². The number of anilines is 1. The van der Waals surface area contributed by atoms with E-state index >= 15 is 0 Å². The van der Waals surface area contributed by atoms with Crippen molar-refractivity contribution < 1.29 is 22.7 Å². The molecule has 0 radical (unpaired) electrons. The lowest BCUT2D eigenvalue weighted by Crippen LogP contribution is -2.53. The summed E-state index contributed by atoms with van der Waals surface area (Å²) in [5, 5.41) is 3.71. The zero-order chi connectivity index (χ0) is 30.9. The number of nitrogens with one attached hydrogen (secondary N) is 1. The maximum absolute atomic E-state index is 13.9. The quantitative estimate of drug-likeness (QED) is 0.233. The Bertz CT molecular complexity index is 1450. The normalized spacial score (nSPS) is 12.7. The van der Waals surface area contributed by atoms with Crippen molar-refractivity contribution in [3.05, 3.63) is 94.0 Å². The van der Waals surface area contributed by atoms with Crippen LogP contribution in [0.2, 0.25) is 10.0 Å². The summed E-state index contributed by atoms with van der Waals surface area (Å²) >= 11 is 12.5. The maximum atomic E-state index is 13.9. The third-order valence-electron chi connectivity index (χ3n) is 6.79. The molecule has 3 aromatic rings. The predicted octanol–water partition coefficient (Wildman–Crippen LogP) is 6.06. The lowest BCUT2D eigenvalue weighted by molar-refractivity contribution is -0.140. The first kappa shape index (κ1) is 33.2. The number of hydrogen-bond donors (Lipinski definition) is 1. The highest BCUT2D eigenvalue weighted by atomic mass is 35.5. The molecule has 11 heteroatoms. The van der Waals surface area contributed by atoms with Gasteiger partial charge in [0.1, 0.15) is 24.9 Å². The Hall–Kier alpha value is -3.27. The van der Waals surface area contributed by atoms with Gasteiger partial charge in [-0.1, -0.05) is 73.4 Å². The molecule has 0 aliphatic rings.